The Hall–Kier alpha value is -0.860. The minimum atomic E-state index is 0.652. The molecule has 2 heteroatoms. The van der Waals surface area contributed by atoms with Crippen LogP contribution in [0.3, 0.4) is 0 Å². The molecule has 0 radical (unpaired) electrons. The van der Waals surface area contributed by atoms with Gasteiger partial charge in [0.25, 0.3) is 0 Å². The quantitative estimate of drug-likeness (QED) is 0.812. The number of rotatable bonds is 4. The fourth-order valence-electron chi connectivity index (χ4n) is 2.27. The number of hydrogen-bond donors (Lipinski definition) is 1. The number of hydrogen-bond acceptors (Lipinski definition) is 2. The first-order valence-corrected chi connectivity index (χ1v) is 5.82. The van der Waals surface area contributed by atoms with Gasteiger partial charge in [-0.15, -0.1) is 0 Å². The molecule has 15 heavy (non-hydrogen) atoms. The van der Waals surface area contributed by atoms with Gasteiger partial charge >= 0.3 is 0 Å². The second kappa shape index (κ2) is 4.77. The summed E-state index contributed by atoms with van der Waals surface area (Å²) in [4.78, 5) is 2.51. The molecule has 2 nitrogen and oxygen atoms in total. The largest absolute Gasteiger partial charge is 0.330 e. The van der Waals surface area contributed by atoms with Crippen molar-refractivity contribution in [3.63, 3.8) is 0 Å². The van der Waals surface area contributed by atoms with Gasteiger partial charge in [0.2, 0.25) is 0 Å². The van der Waals surface area contributed by atoms with Crippen LogP contribution in [-0.2, 0) is 13.1 Å². The van der Waals surface area contributed by atoms with Gasteiger partial charge in [0.05, 0.1) is 0 Å². The Kier molecular flexibility index (Phi) is 3.39. The first-order valence-electron chi connectivity index (χ1n) is 5.82. The fourth-order valence-corrected chi connectivity index (χ4v) is 2.27. The molecule has 0 aromatic heterocycles. The third-order valence-corrected chi connectivity index (χ3v) is 3.33. The van der Waals surface area contributed by atoms with Gasteiger partial charge in [-0.25, -0.2) is 0 Å². The van der Waals surface area contributed by atoms with Crippen LogP contribution in [0.4, 0.5) is 0 Å². The number of nitrogens with two attached hydrogens (primary N) is 1. The van der Waals surface area contributed by atoms with Gasteiger partial charge in [-0.3, -0.25) is 4.90 Å². The van der Waals surface area contributed by atoms with Crippen LogP contribution >= 0.6 is 0 Å². The van der Waals surface area contributed by atoms with Crippen LogP contribution in [0.15, 0.2) is 24.3 Å². The SMILES string of the molecule is CCC(CN)CN1Cc2ccccc2C1. The van der Waals surface area contributed by atoms with Crippen molar-refractivity contribution in [3.8, 4) is 0 Å². The summed E-state index contributed by atoms with van der Waals surface area (Å²) in [6.07, 6.45) is 1.18. The van der Waals surface area contributed by atoms with E-state index in [1.165, 1.54) is 17.5 Å². The Morgan fingerprint density at radius 1 is 1.27 bits per heavy atom. The van der Waals surface area contributed by atoms with E-state index in [2.05, 4.69) is 36.1 Å². The molecule has 0 aliphatic carbocycles. The zero-order chi connectivity index (χ0) is 10.7. The fraction of sp³-hybridized carbons (Fsp3) is 0.538. The maximum atomic E-state index is 5.74. The van der Waals surface area contributed by atoms with Gasteiger partial charge < -0.3 is 5.73 Å². The molecule has 0 fully saturated rings. The summed E-state index contributed by atoms with van der Waals surface area (Å²) in [5.41, 5.74) is 8.72. The van der Waals surface area contributed by atoms with Crippen molar-refractivity contribution in [1.82, 2.24) is 4.90 Å². The smallest absolute Gasteiger partial charge is 0.0240 e. The first-order chi connectivity index (χ1) is 7.33. The lowest BCUT2D eigenvalue weighted by Crippen LogP contribution is -2.28. The van der Waals surface area contributed by atoms with Crippen molar-refractivity contribution in [2.45, 2.75) is 26.4 Å². The molecule has 1 aliphatic heterocycles. The van der Waals surface area contributed by atoms with Gasteiger partial charge in [-0.05, 0) is 23.6 Å². The molecule has 1 aromatic carbocycles. The highest BCUT2D eigenvalue weighted by molar-refractivity contribution is 5.30. The summed E-state index contributed by atoms with van der Waals surface area (Å²) in [5, 5.41) is 0. The number of nitrogens with zero attached hydrogens (tertiary/aromatic N) is 1. The Balaban J connectivity index is 1.95. The van der Waals surface area contributed by atoms with Gasteiger partial charge in [-0.2, -0.15) is 0 Å². The summed E-state index contributed by atoms with van der Waals surface area (Å²) in [7, 11) is 0. The van der Waals surface area contributed by atoms with Crippen molar-refractivity contribution in [1.29, 1.82) is 0 Å². The van der Waals surface area contributed by atoms with E-state index in [0.717, 1.165) is 26.2 Å². The van der Waals surface area contributed by atoms with Crippen molar-refractivity contribution in [2.75, 3.05) is 13.1 Å². The van der Waals surface area contributed by atoms with Gasteiger partial charge in [0.1, 0.15) is 0 Å². The summed E-state index contributed by atoms with van der Waals surface area (Å²) in [6.45, 7) is 6.38. The Labute approximate surface area is 92.1 Å². The molecule has 2 rings (SSSR count). The van der Waals surface area contributed by atoms with Crippen LogP contribution in [-0.4, -0.2) is 18.0 Å². The predicted molar refractivity (Wildman–Crippen MR) is 63.4 cm³/mol. The van der Waals surface area contributed by atoms with Crippen molar-refractivity contribution in [2.24, 2.45) is 11.7 Å². The highest BCUT2D eigenvalue weighted by Gasteiger charge is 2.19. The minimum Gasteiger partial charge on any atom is -0.330 e. The van der Waals surface area contributed by atoms with Gasteiger partial charge in [0.15, 0.2) is 0 Å². The lowest BCUT2D eigenvalue weighted by Gasteiger charge is -2.20. The monoisotopic (exact) mass is 204 g/mol. The van der Waals surface area contributed by atoms with Gasteiger partial charge in [-0.1, -0.05) is 37.6 Å². The normalized spacial score (nSPS) is 17.7. The number of fused-ring (bicyclic) bond motifs is 1. The van der Waals surface area contributed by atoms with Crippen LogP contribution < -0.4 is 5.73 Å². The number of benzene rings is 1. The van der Waals surface area contributed by atoms with Crippen molar-refractivity contribution >= 4 is 0 Å². The zero-order valence-corrected chi connectivity index (χ0v) is 9.45. The molecule has 0 saturated heterocycles. The van der Waals surface area contributed by atoms with Crippen molar-refractivity contribution in [3.05, 3.63) is 35.4 Å². The molecule has 1 atom stereocenters. The topological polar surface area (TPSA) is 29.3 Å². The van der Waals surface area contributed by atoms with E-state index in [1.807, 2.05) is 0 Å². The molecular weight excluding hydrogens is 184 g/mol. The van der Waals surface area contributed by atoms with E-state index >= 15 is 0 Å². The Morgan fingerprint density at radius 2 is 1.87 bits per heavy atom. The highest BCUT2D eigenvalue weighted by atomic mass is 15.1. The molecular formula is C13H20N2. The minimum absolute atomic E-state index is 0.652. The van der Waals surface area contributed by atoms with Crippen LogP contribution in [0.2, 0.25) is 0 Å². The van der Waals surface area contributed by atoms with Crippen LogP contribution in [0.5, 0.6) is 0 Å². The van der Waals surface area contributed by atoms with E-state index in [-0.39, 0.29) is 0 Å². The van der Waals surface area contributed by atoms with Gasteiger partial charge in [0, 0.05) is 19.6 Å². The van der Waals surface area contributed by atoms with Crippen LogP contribution in [0.25, 0.3) is 0 Å². The molecule has 0 bridgehead atoms. The summed E-state index contributed by atoms with van der Waals surface area (Å²) in [6, 6.07) is 8.72. The average Bonchev–Trinajstić information content (AvgIpc) is 2.68. The molecule has 1 heterocycles. The molecule has 0 spiro atoms. The lowest BCUT2D eigenvalue weighted by atomic mass is 10.1. The molecule has 1 unspecified atom stereocenters. The molecule has 0 amide bonds. The highest BCUT2D eigenvalue weighted by Crippen LogP contribution is 2.23. The van der Waals surface area contributed by atoms with Crippen LogP contribution in [0, 0.1) is 5.92 Å². The summed E-state index contributed by atoms with van der Waals surface area (Å²) in [5.74, 6) is 0.652. The van der Waals surface area contributed by atoms with E-state index in [4.69, 9.17) is 5.73 Å². The van der Waals surface area contributed by atoms with E-state index < -0.39 is 0 Å². The van der Waals surface area contributed by atoms with Crippen LogP contribution in [0.1, 0.15) is 24.5 Å². The Morgan fingerprint density at radius 3 is 2.33 bits per heavy atom. The second-order valence-electron chi connectivity index (χ2n) is 4.45. The summed E-state index contributed by atoms with van der Waals surface area (Å²) < 4.78 is 0. The Bertz CT molecular complexity index is 293. The second-order valence-corrected chi connectivity index (χ2v) is 4.45. The molecule has 0 saturated carbocycles. The summed E-state index contributed by atoms with van der Waals surface area (Å²) >= 11 is 0. The molecule has 2 N–H and O–H groups in total. The first kappa shape index (κ1) is 10.7. The maximum absolute atomic E-state index is 5.74. The third kappa shape index (κ3) is 2.39. The van der Waals surface area contributed by atoms with E-state index in [1.54, 1.807) is 0 Å². The lowest BCUT2D eigenvalue weighted by molar-refractivity contribution is 0.234. The maximum Gasteiger partial charge on any atom is 0.0240 e. The third-order valence-electron chi connectivity index (χ3n) is 3.33. The molecule has 82 valence electrons. The standard InChI is InChI=1S/C13H20N2/c1-2-11(7-14)8-15-9-12-5-3-4-6-13(12)10-15/h3-6,11H,2,7-10,14H2,1H3. The van der Waals surface area contributed by atoms with E-state index in [0.29, 0.717) is 5.92 Å². The molecule has 1 aliphatic rings. The predicted octanol–water partition coefficient (Wildman–Crippen LogP) is 1.99. The molecule has 1 aromatic rings. The average molecular weight is 204 g/mol. The zero-order valence-electron chi connectivity index (χ0n) is 9.45. The van der Waals surface area contributed by atoms with E-state index in [9.17, 15) is 0 Å². The van der Waals surface area contributed by atoms with Crippen molar-refractivity contribution < 1.29 is 0 Å².